The predicted octanol–water partition coefficient (Wildman–Crippen LogP) is 2.50. The van der Waals surface area contributed by atoms with Crippen LogP contribution >= 0.6 is 0 Å². The Kier molecular flexibility index (Phi) is 4.69. The highest BCUT2D eigenvalue weighted by molar-refractivity contribution is 5.96. The number of carbonyl (C=O) groups excluding carboxylic acids is 1. The molecule has 1 aliphatic heterocycles. The van der Waals surface area contributed by atoms with Crippen LogP contribution in [0.15, 0.2) is 42.7 Å². The molecule has 1 amide bonds. The van der Waals surface area contributed by atoms with Crippen LogP contribution in [0.3, 0.4) is 0 Å². The van der Waals surface area contributed by atoms with Gasteiger partial charge in [0.1, 0.15) is 6.04 Å². The van der Waals surface area contributed by atoms with Crippen molar-refractivity contribution in [2.24, 2.45) is 0 Å². The van der Waals surface area contributed by atoms with E-state index in [4.69, 9.17) is 0 Å². The minimum Gasteiger partial charge on any atom is -0.324 e. The van der Waals surface area contributed by atoms with Crippen LogP contribution in [-0.2, 0) is 11.2 Å². The number of benzene rings is 1. The molecular formula is C18H22N4O. The molecule has 0 saturated carbocycles. The lowest BCUT2D eigenvalue weighted by molar-refractivity contribution is -0.117. The van der Waals surface area contributed by atoms with E-state index in [9.17, 15) is 4.79 Å². The second-order valence-corrected chi connectivity index (χ2v) is 5.87. The van der Waals surface area contributed by atoms with E-state index < -0.39 is 0 Å². The minimum absolute atomic E-state index is 0.00658. The molecule has 23 heavy (non-hydrogen) atoms. The number of nitrogens with zero attached hydrogens (tertiary/aromatic N) is 1. The number of hydrogen-bond donors (Lipinski definition) is 3. The van der Waals surface area contributed by atoms with E-state index in [-0.39, 0.29) is 18.0 Å². The largest absolute Gasteiger partial charge is 0.324 e. The standard InChI is InChI=1S/C18H22N4O/c1-3-13-7-4-6-12(2)17(13)20-18(23)16-10-15(21-22-16)14-8-5-9-19-11-14/h4-9,11,15-16,21-22H,3,10H2,1-2H3,(H,20,23). The number of amides is 1. The topological polar surface area (TPSA) is 66.0 Å². The molecular weight excluding hydrogens is 288 g/mol. The minimum atomic E-state index is -0.260. The number of anilines is 1. The van der Waals surface area contributed by atoms with Crippen LogP contribution in [0.2, 0.25) is 0 Å². The molecule has 0 radical (unpaired) electrons. The summed E-state index contributed by atoms with van der Waals surface area (Å²) in [6, 6.07) is 9.87. The van der Waals surface area contributed by atoms with Gasteiger partial charge in [-0.25, -0.2) is 10.9 Å². The van der Waals surface area contributed by atoms with Crippen LogP contribution in [0, 0.1) is 6.92 Å². The molecule has 1 saturated heterocycles. The number of para-hydroxylation sites is 1. The molecule has 0 aliphatic carbocycles. The summed E-state index contributed by atoms with van der Waals surface area (Å²) in [6.45, 7) is 4.12. The molecule has 5 heteroatoms. The maximum absolute atomic E-state index is 12.6. The fraction of sp³-hybridized carbons (Fsp3) is 0.333. The highest BCUT2D eigenvalue weighted by Gasteiger charge is 2.30. The number of pyridine rings is 1. The maximum Gasteiger partial charge on any atom is 0.242 e. The molecule has 5 nitrogen and oxygen atoms in total. The molecule has 3 N–H and O–H groups in total. The normalized spacial score (nSPS) is 20.4. The van der Waals surface area contributed by atoms with Crippen LogP contribution < -0.4 is 16.2 Å². The van der Waals surface area contributed by atoms with Gasteiger partial charge < -0.3 is 5.32 Å². The number of hydrogen-bond acceptors (Lipinski definition) is 4. The van der Waals surface area contributed by atoms with Gasteiger partial charge in [0.2, 0.25) is 5.91 Å². The fourth-order valence-electron chi connectivity index (χ4n) is 2.94. The Hall–Kier alpha value is -2.24. The Bertz CT molecular complexity index is 687. The maximum atomic E-state index is 12.6. The molecule has 1 fully saturated rings. The van der Waals surface area contributed by atoms with Crippen molar-refractivity contribution in [1.29, 1.82) is 0 Å². The van der Waals surface area contributed by atoms with E-state index in [0.717, 1.165) is 28.8 Å². The third kappa shape index (κ3) is 3.41. The third-order valence-electron chi connectivity index (χ3n) is 4.29. The van der Waals surface area contributed by atoms with Crippen molar-refractivity contribution in [3.63, 3.8) is 0 Å². The van der Waals surface area contributed by atoms with Gasteiger partial charge in [-0.15, -0.1) is 0 Å². The van der Waals surface area contributed by atoms with Crippen LogP contribution in [-0.4, -0.2) is 16.9 Å². The van der Waals surface area contributed by atoms with Crippen LogP contribution in [0.5, 0.6) is 0 Å². The summed E-state index contributed by atoms with van der Waals surface area (Å²) >= 11 is 0. The molecule has 0 bridgehead atoms. The Labute approximate surface area is 136 Å². The Morgan fingerprint density at radius 2 is 2.17 bits per heavy atom. The van der Waals surface area contributed by atoms with Gasteiger partial charge in [0, 0.05) is 24.1 Å². The van der Waals surface area contributed by atoms with Crippen LogP contribution in [0.25, 0.3) is 0 Å². The van der Waals surface area contributed by atoms with Crippen molar-refractivity contribution in [3.05, 3.63) is 59.4 Å². The smallest absolute Gasteiger partial charge is 0.242 e. The van der Waals surface area contributed by atoms with Crippen molar-refractivity contribution in [2.75, 3.05) is 5.32 Å². The number of carbonyl (C=O) groups is 1. The van der Waals surface area contributed by atoms with Gasteiger partial charge >= 0.3 is 0 Å². The lowest BCUT2D eigenvalue weighted by atomic mass is 10.0. The van der Waals surface area contributed by atoms with Crippen molar-refractivity contribution in [3.8, 4) is 0 Å². The quantitative estimate of drug-likeness (QED) is 0.812. The second-order valence-electron chi connectivity index (χ2n) is 5.87. The van der Waals surface area contributed by atoms with Crippen molar-refractivity contribution in [1.82, 2.24) is 15.8 Å². The lowest BCUT2D eigenvalue weighted by Crippen LogP contribution is -2.39. The summed E-state index contributed by atoms with van der Waals surface area (Å²) in [4.78, 5) is 16.7. The van der Waals surface area contributed by atoms with Crippen molar-refractivity contribution in [2.45, 2.75) is 38.8 Å². The van der Waals surface area contributed by atoms with E-state index in [0.29, 0.717) is 6.42 Å². The first-order chi connectivity index (χ1) is 11.2. The van der Waals surface area contributed by atoms with Gasteiger partial charge in [0.05, 0.1) is 0 Å². The lowest BCUT2D eigenvalue weighted by Gasteiger charge is -2.15. The van der Waals surface area contributed by atoms with E-state index in [1.165, 1.54) is 0 Å². The summed E-state index contributed by atoms with van der Waals surface area (Å²) < 4.78 is 0. The summed E-state index contributed by atoms with van der Waals surface area (Å²) in [6.07, 6.45) is 5.17. The zero-order valence-corrected chi connectivity index (χ0v) is 13.5. The van der Waals surface area contributed by atoms with Crippen LogP contribution in [0.1, 0.15) is 36.1 Å². The van der Waals surface area contributed by atoms with Gasteiger partial charge in [-0.2, -0.15) is 0 Å². The zero-order valence-electron chi connectivity index (χ0n) is 13.5. The molecule has 1 aliphatic rings. The zero-order chi connectivity index (χ0) is 16.2. The number of hydrazine groups is 1. The van der Waals surface area contributed by atoms with Gasteiger partial charge in [0.25, 0.3) is 0 Å². The van der Waals surface area contributed by atoms with E-state index in [2.05, 4.69) is 34.1 Å². The molecule has 2 atom stereocenters. The van der Waals surface area contributed by atoms with Crippen molar-refractivity contribution < 1.29 is 4.79 Å². The SMILES string of the molecule is CCc1cccc(C)c1NC(=O)C1CC(c2cccnc2)NN1. The summed E-state index contributed by atoms with van der Waals surface area (Å²) in [5.41, 5.74) is 10.5. The molecule has 1 aromatic heterocycles. The number of rotatable bonds is 4. The van der Waals surface area contributed by atoms with E-state index in [1.54, 1.807) is 6.20 Å². The van der Waals surface area contributed by atoms with Crippen molar-refractivity contribution >= 4 is 11.6 Å². The number of nitrogens with one attached hydrogen (secondary N) is 3. The highest BCUT2D eigenvalue weighted by Crippen LogP contribution is 2.24. The second kappa shape index (κ2) is 6.89. The fourth-order valence-corrected chi connectivity index (χ4v) is 2.94. The molecule has 3 rings (SSSR count). The van der Waals surface area contributed by atoms with Gasteiger partial charge in [0.15, 0.2) is 0 Å². The molecule has 2 unspecified atom stereocenters. The number of aryl methyl sites for hydroxylation is 2. The molecule has 1 aromatic carbocycles. The molecule has 120 valence electrons. The van der Waals surface area contributed by atoms with E-state index >= 15 is 0 Å². The predicted molar refractivity (Wildman–Crippen MR) is 90.8 cm³/mol. The average molecular weight is 310 g/mol. The van der Waals surface area contributed by atoms with E-state index in [1.807, 2.05) is 37.4 Å². The molecule has 2 heterocycles. The van der Waals surface area contributed by atoms with Gasteiger partial charge in [-0.1, -0.05) is 31.2 Å². The number of aromatic nitrogens is 1. The van der Waals surface area contributed by atoms with Crippen LogP contribution in [0.4, 0.5) is 5.69 Å². The first kappa shape index (κ1) is 15.6. The summed E-state index contributed by atoms with van der Waals surface area (Å²) in [7, 11) is 0. The monoisotopic (exact) mass is 310 g/mol. The Morgan fingerprint density at radius 3 is 2.91 bits per heavy atom. The average Bonchev–Trinajstić information content (AvgIpc) is 3.07. The molecule has 0 spiro atoms. The van der Waals surface area contributed by atoms with Gasteiger partial charge in [-0.3, -0.25) is 9.78 Å². The Morgan fingerprint density at radius 1 is 1.30 bits per heavy atom. The first-order valence-electron chi connectivity index (χ1n) is 7.99. The summed E-state index contributed by atoms with van der Waals surface area (Å²) in [5, 5.41) is 3.09. The first-order valence-corrected chi connectivity index (χ1v) is 7.99. The summed E-state index contributed by atoms with van der Waals surface area (Å²) in [5.74, 6) is -0.00658. The Balaban J connectivity index is 1.69. The third-order valence-corrected chi connectivity index (χ3v) is 4.29. The van der Waals surface area contributed by atoms with Gasteiger partial charge in [-0.05, 0) is 42.5 Å². The highest BCUT2D eigenvalue weighted by atomic mass is 16.2. The molecule has 2 aromatic rings.